The molecule has 3 rings (SSSR count). The van der Waals surface area contributed by atoms with E-state index in [9.17, 15) is 9.59 Å². The van der Waals surface area contributed by atoms with Crippen LogP contribution in [0.2, 0.25) is 0 Å². The molecule has 4 nitrogen and oxygen atoms in total. The highest BCUT2D eigenvalue weighted by atomic mass is 16.4. The Labute approximate surface area is 147 Å². The van der Waals surface area contributed by atoms with Gasteiger partial charge in [-0.2, -0.15) is 0 Å². The summed E-state index contributed by atoms with van der Waals surface area (Å²) in [6.45, 7) is 1.69. The Morgan fingerprint density at radius 1 is 1.12 bits per heavy atom. The first-order valence-corrected chi connectivity index (χ1v) is 8.69. The standard InChI is InChI=1S/C21H23NO3/c1-14(21(24)25)11-15-7-9-18(10-8-15)22-20(23)13-17-12-19(17)16-5-3-2-4-6-16/h2-10,14,17,19H,11-13H2,1H3,(H,22,23)(H,24,25)/t14?,17-,19-/m0/s1. The molecule has 25 heavy (non-hydrogen) atoms. The molecular weight excluding hydrogens is 314 g/mol. The van der Waals surface area contributed by atoms with Crippen molar-refractivity contribution in [1.82, 2.24) is 0 Å². The van der Waals surface area contributed by atoms with Gasteiger partial charge in [0, 0.05) is 12.1 Å². The summed E-state index contributed by atoms with van der Waals surface area (Å²) in [5.41, 5.74) is 3.03. The minimum absolute atomic E-state index is 0.0371. The lowest BCUT2D eigenvalue weighted by Gasteiger charge is -2.08. The van der Waals surface area contributed by atoms with Gasteiger partial charge in [-0.15, -0.1) is 0 Å². The fraction of sp³-hybridized carbons (Fsp3) is 0.333. The Kier molecular flexibility index (Phi) is 5.17. The number of carboxylic acids is 1. The van der Waals surface area contributed by atoms with E-state index < -0.39 is 11.9 Å². The topological polar surface area (TPSA) is 66.4 Å². The zero-order valence-electron chi connectivity index (χ0n) is 14.3. The molecule has 1 saturated carbocycles. The van der Waals surface area contributed by atoms with Crippen molar-refractivity contribution in [2.45, 2.75) is 32.1 Å². The number of carboxylic acid groups (broad SMARTS) is 1. The minimum atomic E-state index is -0.796. The molecule has 3 atom stereocenters. The van der Waals surface area contributed by atoms with E-state index in [1.54, 1.807) is 6.92 Å². The van der Waals surface area contributed by atoms with Crippen LogP contribution in [0.1, 0.15) is 36.8 Å². The van der Waals surface area contributed by atoms with Gasteiger partial charge < -0.3 is 10.4 Å². The zero-order valence-corrected chi connectivity index (χ0v) is 14.3. The summed E-state index contributed by atoms with van der Waals surface area (Å²) in [7, 11) is 0. The summed E-state index contributed by atoms with van der Waals surface area (Å²) in [5, 5.41) is 11.9. The van der Waals surface area contributed by atoms with Gasteiger partial charge in [0.25, 0.3) is 0 Å². The van der Waals surface area contributed by atoms with E-state index in [-0.39, 0.29) is 5.91 Å². The van der Waals surface area contributed by atoms with E-state index in [2.05, 4.69) is 17.4 Å². The average molecular weight is 337 g/mol. The van der Waals surface area contributed by atoms with Gasteiger partial charge in [-0.3, -0.25) is 9.59 Å². The van der Waals surface area contributed by atoms with Gasteiger partial charge in [0.05, 0.1) is 5.92 Å². The third kappa shape index (κ3) is 4.69. The number of nitrogens with one attached hydrogen (secondary N) is 1. The van der Waals surface area contributed by atoms with Crippen LogP contribution in [0.4, 0.5) is 5.69 Å². The Bertz CT molecular complexity index is 739. The summed E-state index contributed by atoms with van der Waals surface area (Å²) >= 11 is 0. The van der Waals surface area contributed by atoms with E-state index in [0.717, 1.165) is 17.7 Å². The van der Waals surface area contributed by atoms with Crippen LogP contribution in [0.5, 0.6) is 0 Å². The van der Waals surface area contributed by atoms with Crippen LogP contribution in [0.3, 0.4) is 0 Å². The molecule has 2 aromatic carbocycles. The van der Waals surface area contributed by atoms with Gasteiger partial charge in [0.15, 0.2) is 0 Å². The van der Waals surface area contributed by atoms with Crippen molar-refractivity contribution in [3.8, 4) is 0 Å². The number of anilines is 1. The maximum Gasteiger partial charge on any atom is 0.306 e. The highest BCUT2D eigenvalue weighted by Crippen LogP contribution is 2.49. The van der Waals surface area contributed by atoms with Crippen molar-refractivity contribution in [1.29, 1.82) is 0 Å². The quantitative estimate of drug-likeness (QED) is 0.800. The molecule has 4 heteroatoms. The molecule has 130 valence electrons. The first-order chi connectivity index (χ1) is 12.0. The summed E-state index contributed by atoms with van der Waals surface area (Å²) < 4.78 is 0. The number of rotatable bonds is 7. The molecule has 0 aliphatic heterocycles. The second-order valence-electron chi connectivity index (χ2n) is 6.91. The Balaban J connectivity index is 1.48. The van der Waals surface area contributed by atoms with E-state index in [0.29, 0.717) is 24.7 Å². The summed E-state index contributed by atoms with van der Waals surface area (Å²) in [4.78, 5) is 23.1. The molecule has 1 fully saturated rings. The third-order valence-electron chi connectivity index (χ3n) is 4.80. The molecule has 0 spiro atoms. The minimum Gasteiger partial charge on any atom is -0.481 e. The average Bonchev–Trinajstić information content (AvgIpc) is 3.36. The van der Waals surface area contributed by atoms with Crippen LogP contribution in [0, 0.1) is 11.8 Å². The fourth-order valence-corrected chi connectivity index (χ4v) is 3.20. The zero-order chi connectivity index (χ0) is 17.8. The van der Waals surface area contributed by atoms with Gasteiger partial charge in [0.2, 0.25) is 5.91 Å². The highest BCUT2D eigenvalue weighted by Gasteiger charge is 2.39. The monoisotopic (exact) mass is 337 g/mol. The predicted molar refractivity (Wildman–Crippen MR) is 97.5 cm³/mol. The smallest absolute Gasteiger partial charge is 0.306 e. The first kappa shape index (κ1) is 17.2. The van der Waals surface area contributed by atoms with Crippen LogP contribution < -0.4 is 5.32 Å². The molecule has 1 amide bonds. The fourth-order valence-electron chi connectivity index (χ4n) is 3.20. The second kappa shape index (κ2) is 7.51. The van der Waals surface area contributed by atoms with Crippen molar-refractivity contribution in [3.63, 3.8) is 0 Å². The van der Waals surface area contributed by atoms with Crippen molar-refractivity contribution in [3.05, 3.63) is 65.7 Å². The van der Waals surface area contributed by atoms with Crippen LogP contribution in [0.25, 0.3) is 0 Å². The molecule has 0 heterocycles. The molecule has 1 aliphatic rings. The van der Waals surface area contributed by atoms with E-state index in [1.165, 1.54) is 5.56 Å². The number of hydrogen-bond donors (Lipinski definition) is 2. The lowest BCUT2D eigenvalue weighted by atomic mass is 10.0. The van der Waals surface area contributed by atoms with Gasteiger partial charge in [0.1, 0.15) is 0 Å². The lowest BCUT2D eigenvalue weighted by Crippen LogP contribution is -2.13. The normalized spacial score (nSPS) is 19.9. The molecule has 1 unspecified atom stereocenters. The number of benzene rings is 2. The van der Waals surface area contributed by atoms with Crippen molar-refractivity contribution >= 4 is 17.6 Å². The van der Waals surface area contributed by atoms with Gasteiger partial charge in [-0.1, -0.05) is 49.4 Å². The van der Waals surface area contributed by atoms with E-state index in [4.69, 9.17) is 5.11 Å². The molecule has 1 aliphatic carbocycles. The Morgan fingerprint density at radius 3 is 2.44 bits per heavy atom. The number of carbonyl (C=O) groups excluding carboxylic acids is 1. The second-order valence-corrected chi connectivity index (χ2v) is 6.91. The number of aliphatic carboxylic acids is 1. The number of hydrogen-bond acceptors (Lipinski definition) is 2. The van der Waals surface area contributed by atoms with Crippen molar-refractivity contribution in [2.75, 3.05) is 5.32 Å². The molecular formula is C21H23NO3. The van der Waals surface area contributed by atoms with Crippen LogP contribution >= 0.6 is 0 Å². The van der Waals surface area contributed by atoms with Crippen molar-refractivity contribution < 1.29 is 14.7 Å². The SMILES string of the molecule is CC(Cc1ccc(NC(=O)C[C@@H]2C[C@H]2c2ccccc2)cc1)C(=O)O. The molecule has 0 radical (unpaired) electrons. The molecule has 0 saturated heterocycles. The molecule has 0 bridgehead atoms. The van der Waals surface area contributed by atoms with Gasteiger partial charge >= 0.3 is 5.97 Å². The van der Waals surface area contributed by atoms with Crippen LogP contribution in [0.15, 0.2) is 54.6 Å². The first-order valence-electron chi connectivity index (χ1n) is 8.69. The summed E-state index contributed by atoms with van der Waals surface area (Å²) in [6.07, 6.45) is 2.10. The van der Waals surface area contributed by atoms with Crippen molar-refractivity contribution in [2.24, 2.45) is 11.8 Å². The molecule has 2 N–H and O–H groups in total. The Morgan fingerprint density at radius 2 is 1.80 bits per heavy atom. The Hall–Kier alpha value is -2.62. The van der Waals surface area contributed by atoms with E-state index in [1.807, 2.05) is 42.5 Å². The summed E-state index contributed by atoms with van der Waals surface area (Å²) in [6, 6.07) is 17.8. The maximum absolute atomic E-state index is 12.2. The third-order valence-corrected chi connectivity index (χ3v) is 4.80. The maximum atomic E-state index is 12.2. The van der Waals surface area contributed by atoms with Gasteiger partial charge in [-0.25, -0.2) is 0 Å². The van der Waals surface area contributed by atoms with Crippen LogP contribution in [-0.4, -0.2) is 17.0 Å². The number of amides is 1. The van der Waals surface area contributed by atoms with Crippen LogP contribution in [-0.2, 0) is 16.0 Å². The number of carbonyl (C=O) groups is 2. The predicted octanol–water partition coefficient (Wildman–Crippen LogP) is 4.08. The molecule has 0 aromatic heterocycles. The summed E-state index contributed by atoms with van der Waals surface area (Å²) in [5.74, 6) is -0.236. The largest absolute Gasteiger partial charge is 0.481 e. The molecule has 2 aromatic rings. The van der Waals surface area contributed by atoms with E-state index >= 15 is 0 Å². The lowest BCUT2D eigenvalue weighted by molar-refractivity contribution is -0.141. The highest BCUT2D eigenvalue weighted by molar-refractivity contribution is 5.91. The van der Waals surface area contributed by atoms with Gasteiger partial charge in [-0.05, 0) is 47.9 Å².